The quantitative estimate of drug-likeness (QED) is 0.896. The van der Waals surface area contributed by atoms with Gasteiger partial charge < -0.3 is 5.73 Å². The first-order valence-electron chi connectivity index (χ1n) is 7.69. The molecule has 0 heterocycles. The SMILES string of the molecule is CCCC1CCC(CN)C(S(=O)(=O)c2ccccc2Cl)C1. The first-order valence-corrected chi connectivity index (χ1v) is 9.61. The molecule has 0 radical (unpaired) electrons. The third-order valence-electron chi connectivity index (χ3n) is 4.58. The van der Waals surface area contributed by atoms with Crippen molar-refractivity contribution in [1.82, 2.24) is 0 Å². The van der Waals surface area contributed by atoms with Crippen LogP contribution in [0.5, 0.6) is 0 Å². The van der Waals surface area contributed by atoms with E-state index < -0.39 is 15.1 Å². The summed E-state index contributed by atoms with van der Waals surface area (Å²) in [6.45, 7) is 2.57. The molecule has 2 rings (SSSR count). The smallest absolute Gasteiger partial charge is 0.183 e. The van der Waals surface area contributed by atoms with Crippen molar-refractivity contribution in [2.24, 2.45) is 17.6 Å². The van der Waals surface area contributed by atoms with Crippen LogP contribution in [0, 0.1) is 11.8 Å². The number of hydrogen-bond donors (Lipinski definition) is 1. The highest BCUT2D eigenvalue weighted by Gasteiger charge is 2.39. The zero-order valence-electron chi connectivity index (χ0n) is 12.5. The van der Waals surface area contributed by atoms with Crippen LogP contribution < -0.4 is 5.73 Å². The maximum atomic E-state index is 13.0. The fourth-order valence-electron chi connectivity index (χ4n) is 3.43. The maximum absolute atomic E-state index is 13.0. The Hall–Kier alpha value is -0.580. The molecule has 1 aliphatic carbocycles. The summed E-state index contributed by atoms with van der Waals surface area (Å²) in [5, 5.41) is -0.0846. The molecule has 118 valence electrons. The number of hydrogen-bond acceptors (Lipinski definition) is 3. The summed E-state index contributed by atoms with van der Waals surface area (Å²) in [6.07, 6.45) is 4.88. The van der Waals surface area contributed by atoms with E-state index in [-0.39, 0.29) is 10.8 Å². The van der Waals surface area contributed by atoms with Gasteiger partial charge in [0.05, 0.1) is 15.2 Å². The minimum atomic E-state index is -3.42. The molecule has 1 aliphatic rings. The van der Waals surface area contributed by atoms with Crippen molar-refractivity contribution in [2.75, 3.05) is 6.54 Å². The van der Waals surface area contributed by atoms with E-state index in [1.807, 2.05) is 0 Å². The molecule has 2 N–H and O–H groups in total. The van der Waals surface area contributed by atoms with Crippen molar-refractivity contribution in [3.05, 3.63) is 29.3 Å². The van der Waals surface area contributed by atoms with Crippen molar-refractivity contribution in [3.8, 4) is 0 Å². The molecule has 1 saturated carbocycles. The van der Waals surface area contributed by atoms with Crippen LogP contribution in [0.25, 0.3) is 0 Å². The van der Waals surface area contributed by atoms with Crippen LogP contribution >= 0.6 is 11.6 Å². The average Bonchev–Trinajstić information content (AvgIpc) is 2.48. The summed E-state index contributed by atoms with van der Waals surface area (Å²) in [4.78, 5) is 0.257. The van der Waals surface area contributed by atoms with Crippen molar-refractivity contribution in [2.45, 2.75) is 49.2 Å². The zero-order chi connectivity index (χ0) is 15.5. The predicted octanol–water partition coefficient (Wildman–Crippen LogP) is 3.66. The lowest BCUT2D eigenvalue weighted by molar-refractivity contribution is 0.268. The largest absolute Gasteiger partial charge is 0.330 e. The van der Waals surface area contributed by atoms with Crippen LogP contribution in [-0.2, 0) is 9.84 Å². The van der Waals surface area contributed by atoms with Gasteiger partial charge in [-0.1, -0.05) is 49.9 Å². The van der Waals surface area contributed by atoms with E-state index in [1.54, 1.807) is 24.3 Å². The number of halogens is 1. The highest BCUT2D eigenvalue weighted by Crippen LogP contribution is 2.38. The van der Waals surface area contributed by atoms with E-state index in [0.717, 1.165) is 25.7 Å². The normalized spacial score (nSPS) is 26.7. The lowest BCUT2D eigenvalue weighted by Gasteiger charge is -2.35. The lowest BCUT2D eigenvalue weighted by atomic mass is 9.80. The molecule has 1 fully saturated rings. The zero-order valence-corrected chi connectivity index (χ0v) is 14.0. The van der Waals surface area contributed by atoms with E-state index in [0.29, 0.717) is 23.9 Å². The Labute approximate surface area is 132 Å². The molecule has 0 spiro atoms. The van der Waals surface area contributed by atoms with Crippen LogP contribution in [0.1, 0.15) is 39.0 Å². The first-order chi connectivity index (χ1) is 10.0. The molecule has 0 amide bonds. The van der Waals surface area contributed by atoms with E-state index in [4.69, 9.17) is 17.3 Å². The molecular weight excluding hydrogens is 306 g/mol. The minimum absolute atomic E-state index is 0.0411. The van der Waals surface area contributed by atoms with Gasteiger partial charge in [0, 0.05) is 0 Å². The second-order valence-electron chi connectivity index (χ2n) is 5.98. The molecular formula is C16H24ClNO2S. The number of sulfone groups is 1. The minimum Gasteiger partial charge on any atom is -0.330 e. The van der Waals surface area contributed by atoms with Crippen molar-refractivity contribution >= 4 is 21.4 Å². The topological polar surface area (TPSA) is 60.2 Å². The van der Waals surface area contributed by atoms with E-state index in [9.17, 15) is 8.42 Å². The maximum Gasteiger partial charge on any atom is 0.183 e. The Kier molecular flexibility index (Phi) is 5.69. The van der Waals surface area contributed by atoms with Crippen molar-refractivity contribution in [3.63, 3.8) is 0 Å². The summed E-state index contributed by atoms with van der Waals surface area (Å²) < 4.78 is 26.0. The van der Waals surface area contributed by atoms with Gasteiger partial charge in [0.2, 0.25) is 0 Å². The Morgan fingerprint density at radius 3 is 2.62 bits per heavy atom. The molecule has 0 saturated heterocycles. The van der Waals surface area contributed by atoms with Crippen LogP contribution in [0.15, 0.2) is 29.2 Å². The van der Waals surface area contributed by atoms with Gasteiger partial charge in [0.1, 0.15) is 0 Å². The van der Waals surface area contributed by atoms with E-state index in [1.165, 1.54) is 0 Å². The highest BCUT2D eigenvalue weighted by molar-refractivity contribution is 7.92. The first kappa shape index (κ1) is 16.8. The molecule has 0 aliphatic heterocycles. The van der Waals surface area contributed by atoms with Gasteiger partial charge in [0.15, 0.2) is 9.84 Å². The fraction of sp³-hybridized carbons (Fsp3) is 0.625. The van der Waals surface area contributed by atoms with Gasteiger partial charge in [-0.2, -0.15) is 0 Å². The molecule has 3 atom stereocenters. The molecule has 0 aromatic heterocycles. The van der Waals surface area contributed by atoms with Crippen LogP contribution in [-0.4, -0.2) is 20.2 Å². The van der Waals surface area contributed by atoms with Crippen molar-refractivity contribution < 1.29 is 8.42 Å². The molecule has 1 aromatic carbocycles. The van der Waals surface area contributed by atoms with E-state index in [2.05, 4.69) is 6.92 Å². The lowest BCUT2D eigenvalue weighted by Crippen LogP contribution is -2.40. The predicted molar refractivity (Wildman–Crippen MR) is 87.2 cm³/mol. The molecule has 1 aromatic rings. The molecule has 5 heteroatoms. The number of nitrogens with two attached hydrogens (primary N) is 1. The third-order valence-corrected chi connectivity index (χ3v) is 7.36. The van der Waals surface area contributed by atoms with Gasteiger partial charge in [0.25, 0.3) is 0 Å². The Balaban J connectivity index is 2.33. The van der Waals surface area contributed by atoms with Crippen LogP contribution in [0.2, 0.25) is 5.02 Å². The average molecular weight is 330 g/mol. The number of benzene rings is 1. The summed E-state index contributed by atoms with van der Waals surface area (Å²) in [5.74, 6) is 0.527. The Bertz CT molecular complexity index is 573. The van der Waals surface area contributed by atoms with Gasteiger partial charge in [-0.25, -0.2) is 8.42 Å². The summed E-state index contributed by atoms with van der Waals surface area (Å²) in [7, 11) is -3.42. The van der Waals surface area contributed by atoms with Crippen LogP contribution in [0.3, 0.4) is 0 Å². The molecule has 3 unspecified atom stereocenters. The second-order valence-corrected chi connectivity index (χ2v) is 8.52. The Morgan fingerprint density at radius 2 is 2.00 bits per heavy atom. The highest BCUT2D eigenvalue weighted by atomic mass is 35.5. The summed E-state index contributed by atoms with van der Waals surface area (Å²) in [6, 6.07) is 6.72. The molecule has 0 bridgehead atoms. The standard InChI is InChI=1S/C16H24ClNO2S/c1-2-5-12-8-9-13(11-18)16(10-12)21(19,20)15-7-4-3-6-14(15)17/h3-4,6-7,12-13,16H,2,5,8-11,18H2,1H3. The van der Waals surface area contributed by atoms with Gasteiger partial charge in [-0.3, -0.25) is 0 Å². The fourth-order valence-corrected chi connectivity index (χ4v) is 6.11. The van der Waals surface area contributed by atoms with Crippen molar-refractivity contribution in [1.29, 1.82) is 0 Å². The third kappa shape index (κ3) is 3.61. The summed E-state index contributed by atoms with van der Waals surface area (Å²) >= 11 is 6.11. The van der Waals surface area contributed by atoms with Crippen LogP contribution in [0.4, 0.5) is 0 Å². The van der Waals surface area contributed by atoms with E-state index >= 15 is 0 Å². The molecule has 3 nitrogen and oxygen atoms in total. The molecule has 21 heavy (non-hydrogen) atoms. The van der Waals surface area contributed by atoms with Gasteiger partial charge in [-0.05, 0) is 43.4 Å². The Morgan fingerprint density at radius 1 is 1.29 bits per heavy atom. The summed E-state index contributed by atoms with van der Waals surface area (Å²) in [5.41, 5.74) is 5.83. The van der Waals surface area contributed by atoms with Gasteiger partial charge in [-0.15, -0.1) is 0 Å². The number of rotatable bonds is 5. The second kappa shape index (κ2) is 7.12. The monoisotopic (exact) mass is 329 g/mol. The van der Waals surface area contributed by atoms with Gasteiger partial charge >= 0.3 is 0 Å².